The molecule has 0 saturated carbocycles. The molecule has 2 aromatic rings. The quantitative estimate of drug-likeness (QED) is 0.809. The molecule has 1 aromatic carbocycles. The first kappa shape index (κ1) is 13.2. The Kier molecular flexibility index (Phi) is 3.49. The molecule has 1 N–H and O–H groups in total. The molecule has 1 atom stereocenters. The van der Waals surface area contributed by atoms with E-state index in [1.54, 1.807) is 0 Å². The maximum absolute atomic E-state index is 5.58. The summed E-state index contributed by atoms with van der Waals surface area (Å²) in [6, 6.07) is 12.9. The number of fused-ring (bicyclic) bond motifs is 1. The predicted octanol–water partition coefficient (Wildman–Crippen LogP) is 3.57. The standard InChI is InChI=1S/C16H19N3S/c1-12-5-3-6-14(11-12)17-16(20)19-10-9-18-8-4-7-15(18)13(19)2/h3-8,11,13H,9-10H2,1-2H3,(H,17,20)/t13-/m1/s1. The molecule has 1 aliphatic rings. The second-order valence-corrected chi connectivity index (χ2v) is 5.68. The number of anilines is 1. The van der Waals surface area contributed by atoms with E-state index in [0.717, 1.165) is 23.9 Å². The van der Waals surface area contributed by atoms with Crippen LogP contribution in [0.1, 0.15) is 24.2 Å². The van der Waals surface area contributed by atoms with Crippen LogP contribution in [0.4, 0.5) is 5.69 Å². The van der Waals surface area contributed by atoms with Crippen molar-refractivity contribution in [3.63, 3.8) is 0 Å². The first-order chi connectivity index (χ1) is 9.65. The van der Waals surface area contributed by atoms with E-state index in [-0.39, 0.29) is 0 Å². The molecule has 0 aliphatic carbocycles. The van der Waals surface area contributed by atoms with Crippen LogP contribution in [-0.4, -0.2) is 21.1 Å². The normalized spacial score (nSPS) is 17.7. The van der Waals surface area contributed by atoms with Gasteiger partial charge in [-0.3, -0.25) is 0 Å². The number of benzene rings is 1. The summed E-state index contributed by atoms with van der Waals surface area (Å²) in [7, 11) is 0. The van der Waals surface area contributed by atoms with E-state index in [1.807, 2.05) is 6.07 Å². The Morgan fingerprint density at radius 1 is 1.25 bits per heavy atom. The minimum Gasteiger partial charge on any atom is -0.348 e. The van der Waals surface area contributed by atoms with Gasteiger partial charge >= 0.3 is 0 Å². The lowest BCUT2D eigenvalue weighted by Gasteiger charge is -2.36. The van der Waals surface area contributed by atoms with E-state index < -0.39 is 0 Å². The molecule has 0 saturated heterocycles. The van der Waals surface area contributed by atoms with Crippen molar-refractivity contribution >= 4 is 23.0 Å². The van der Waals surface area contributed by atoms with Crippen LogP contribution in [0, 0.1) is 6.92 Å². The highest BCUT2D eigenvalue weighted by atomic mass is 32.1. The Morgan fingerprint density at radius 3 is 2.90 bits per heavy atom. The fraction of sp³-hybridized carbons (Fsp3) is 0.312. The van der Waals surface area contributed by atoms with Crippen LogP contribution in [0.25, 0.3) is 0 Å². The minimum atomic E-state index is 0.309. The van der Waals surface area contributed by atoms with Crippen LogP contribution < -0.4 is 5.32 Å². The van der Waals surface area contributed by atoms with Crippen molar-refractivity contribution in [1.29, 1.82) is 0 Å². The Morgan fingerprint density at radius 2 is 2.10 bits per heavy atom. The Hall–Kier alpha value is -1.81. The fourth-order valence-corrected chi connectivity index (χ4v) is 3.14. The number of rotatable bonds is 1. The van der Waals surface area contributed by atoms with Crippen molar-refractivity contribution in [3.8, 4) is 0 Å². The van der Waals surface area contributed by atoms with Crippen molar-refractivity contribution in [2.45, 2.75) is 26.4 Å². The molecule has 0 unspecified atom stereocenters. The minimum absolute atomic E-state index is 0.309. The Balaban J connectivity index is 1.75. The van der Waals surface area contributed by atoms with Gasteiger partial charge in [0.1, 0.15) is 0 Å². The van der Waals surface area contributed by atoms with E-state index in [0.29, 0.717) is 6.04 Å². The third kappa shape index (κ3) is 2.43. The van der Waals surface area contributed by atoms with E-state index in [9.17, 15) is 0 Å². The smallest absolute Gasteiger partial charge is 0.174 e. The fourth-order valence-electron chi connectivity index (χ4n) is 2.77. The van der Waals surface area contributed by atoms with E-state index >= 15 is 0 Å². The van der Waals surface area contributed by atoms with E-state index in [4.69, 9.17) is 12.2 Å². The first-order valence-corrected chi connectivity index (χ1v) is 7.35. The second-order valence-electron chi connectivity index (χ2n) is 5.30. The monoisotopic (exact) mass is 285 g/mol. The second kappa shape index (κ2) is 5.29. The number of nitrogens with one attached hydrogen (secondary N) is 1. The summed E-state index contributed by atoms with van der Waals surface area (Å²) in [5.41, 5.74) is 3.62. The zero-order valence-corrected chi connectivity index (χ0v) is 12.7. The van der Waals surface area contributed by atoms with Gasteiger partial charge in [0, 0.05) is 30.7 Å². The van der Waals surface area contributed by atoms with E-state index in [1.165, 1.54) is 11.3 Å². The van der Waals surface area contributed by atoms with Gasteiger partial charge in [-0.25, -0.2) is 0 Å². The van der Waals surface area contributed by atoms with Gasteiger partial charge in [0.15, 0.2) is 5.11 Å². The van der Waals surface area contributed by atoms with Gasteiger partial charge in [0.25, 0.3) is 0 Å². The number of hydrogen-bond donors (Lipinski definition) is 1. The summed E-state index contributed by atoms with van der Waals surface area (Å²) in [5, 5.41) is 4.16. The van der Waals surface area contributed by atoms with Gasteiger partial charge in [0.05, 0.1) is 6.04 Å². The molecule has 0 amide bonds. The molecule has 3 nitrogen and oxygen atoms in total. The van der Waals surface area contributed by atoms with Gasteiger partial charge in [-0.1, -0.05) is 12.1 Å². The average Bonchev–Trinajstić information content (AvgIpc) is 2.88. The summed E-state index contributed by atoms with van der Waals surface area (Å²) < 4.78 is 2.30. The summed E-state index contributed by atoms with van der Waals surface area (Å²) in [6.07, 6.45) is 2.14. The van der Waals surface area contributed by atoms with Gasteiger partial charge in [-0.2, -0.15) is 0 Å². The van der Waals surface area contributed by atoms with Gasteiger partial charge in [-0.15, -0.1) is 0 Å². The van der Waals surface area contributed by atoms with Crippen LogP contribution in [0.3, 0.4) is 0 Å². The van der Waals surface area contributed by atoms with Crippen molar-refractivity contribution in [2.24, 2.45) is 0 Å². The van der Waals surface area contributed by atoms with E-state index in [2.05, 4.69) is 65.2 Å². The predicted molar refractivity (Wildman–Crippen MR) is 87.0 cm³/mol. The maximum Gasteiger partial charge on any atom is 0.174 e. The molecule has 20 heavy (non-hydrogen) atoms. The van der Waals surface area contributed by atoms with Crippen LogP contribution >= 0.6 is 12.2 Å². The lowest BCUT2D eigenvalue weighted by atomic mass is 10.1. The van der Waals surface area contributed by atoms with Crippen molar-refractivity contribution < 1.29 is 0 Å². The zero-order valence-electron chi connectivity index (χ0n) is 11.8. The summed E-state index contributed by atoms with van der Waals surface area (Å²) in [6.45, 7) is 6.22. The molecule has 0 fully saturated rings. The van der Waals surface area contributed by atoms with Crippen LogP contribution in [0.15, 0.2) is 42.6 Å². The molecule has 1 aromatic heterocycles. The summed E-state index contributed by atoms with van der Waals surface area (Å²) >= 11 is 5.58. The number of aromatic nitrogens is 1. The highest BCUT2D eigenvalue weighted by Gasteiger charge is 2.25. The van der Waals surface area contributed by atoms with Crippen LogP contribution in [0.2, 0.25) is 0 Å². The van der Waals surface area contributed by atoms with Gasteiger partial charge in [-0.05, 0) is 55.9 Å². The SMILES string of the molecule is Cc1cccc(NC(=S)N2CCn3cccc3[C@H]2C)c1. The molecular weight excluding hydrogens is 266 g/mol. The number of aryl methyl sites for hydroxylation is 1. The highest BCUT2D eigenvalue weighted by molar-refractivity contribution is 7.80. The molecule has 4 heteroatoms. The first-order valence-electron chi connectivity index (χ1n) is 6.94. The largest absolute Gasteiger partial charge is 0.348 e. The van der Waals surface area contributed by atoms with Crippen molar-refractivity contribution in [1.82, 2.24) is 9.47 Å². The topological polar surface area (TPSA) is 20.2 Å². The lowest BCUT2D eigenvalue weighted by molar-refractivity contribution is 0.276. The molecule has 104 valence electrons. The van der Waals surface area contributed by atoms with Crippen LogP contribution in [0.5, 0.6) is 0 Å². The Bertz CT molecular complexity index is 632. The zero-order chi connectivity index (χ0) is 14.1. The number of nitrogens with zero attached hydrogens (tertiary/aromatic N) is 2. The average molecular weight is 285 g/mol. The summed E-state index contributed by atoms with van der Waals surface area (Å²) in [5.74, 6) is 0. The third-order valence-electron chi connectivity index (χ3n) is 3.87. The molecule has 2 heterocycles. The van der Waals surface area contributed by atoms with Crippen molar-refractivity contribution in [2.75, 3.05) is 11.9 Å². The lowest BCUT2D eigenvalue weighted by Crippen LogP contribution is -2.42. The summed E-state index contributed by atoms with van der Waals surface area (Å²) in [4.78, 5) is 2.26. The molecule has 0 radical (unpaired) electrons. The van der Waals surface area contributed by atoms with Crippen molar-refractivity contribution in [3.05, 3.63) is 53.9 Å². The maximum atomic E-state index is 5.58. The highest BCUT2D eigenvalue weighted by Crippen LogP contribution is 2.26. The Labute approximate surface area is 125 Å². The molecule has 1 aliphatic heterocycles. The van der Waals surface area contributed by atoms with Gasteiger partial charge < -0.3 is 14.8 Å². The molecular formula is C16H19N3S. The number of hydrogen-bond acceptors (Lipinski definition) is 1. The molecule has 0 bridgehead atoms. The molecule has 0 spiro atoms. The third-order valence-corrected chi connectivity index (χ3v) is 4.21. The van der Waals surface area contributed by atoms with Crippen LogP contribution in [-0.2, 0) is 6.54 Å². The number of thiocarbonyl (C=S) groups is 1. The molecule has 3 rings (SSSR count). The van der Waals surface area contributed by atoms with Gasteiger partial charge in [0.2, 0.25) is 0 Å².